The summed E-state index contributed by atoms with van der Waals surface area (Å²) in [7, 11) is 1.96. The van der Waals surface area contributed by atoms with Crippen LogP contribution in [-0.4, -0.2) is 31.1 Å². The van der Waals surface area contributed by atoms with E-state index in [1.807, 2.05) is 57.5 Å². The molecule has 2 N–H and O–H groups in total. The maximum Gasteiger partial charge on any atom is 0.315 e. The number of hydrogen-bond acceptors (Lipinski definition) is 5. The summed E-state index contributed by atoms with van der Waals surface area (Å²) in [5, 5.41) is 6.82. The molecule has 0 spiro atoms. The molecule has 0 unspecified atom stereocenters. The van der Waals surface area contributed by atoms with Crippen LogP contribution in [0.25, 0.3) is 32.0 Å². The van der Waals surface area contributed by atoms with E-state index in [4.69, 9.17) is 4.98 Å². The number of aromatic nitrogens is 4. The van der Waals surface area contributed by atoms with E-state index >= 15 is 0 Å². The number of thiazole rings is 1. The molecule has 3 heterocycles. The molecular weight excluding hydrogens is 384 g/mol. The number of carbonyl (C=O) groups is 1. The van der Waals surface area contributed by atoms with Crippen LogP contribution in [-0.2, 0) is 7.05 Å². The fourth-order valence-electron chi connectivity index (χ4n) is 3.23. The van der Waals surface area contributed by atoms with Gasteiger partial charge in [0.1, 0.15) is 20.9 Å². The standard InChI is InChI=1S/C21H24N6OS/c1-12(24-20(28)26-21(2,3)4)13-7-6-8-14(9-13)18-25-16-17-15(23-11-27(17)5)10-22-19(16)29-18/h6-12H,1-5H3,(H2,24,26,28)/t12-/m0/s1. The van der Waals surface area contributed by atoms with Gasteiger partial charge in [-0.1, -0.05) is 29.5 Å². The summed E-state index contributed by atoms with van der Waals surface area (Å²) in [4.78, 5) is 26.8. The SMILES string of the molecule is C[C@H](NC(=O)NC(C)(C)C)c1cccc(-c2nc3c(ncc4ncn(C)c43)s2)c1. The van der Waals surface area contributed by atoms with Crippen LogP contribution < -0.4 is 10.6 Å². The second-order valence-electron chi connectivity index (χ2n) is 8.22. The maximum absolute atomic E-state index is 12.2. The Morgan fingerprint density at radius 3 is 2.79 bits per heavy atom. The highest BCUT2D eigenvalue weighted by atomic mass is 32.1. The predicted octanol–water partition coefficient (Wildman–Crippen LogP) is 4.40. The number of amides is 2. The van der Waals surface area contributed by atoms with E-state index in [0.717, 1.165) is 37.5 Å². The number of nitrogens with one attached hydrogen (secondary N) is 2. The van der Waals surface area contributed by atoms with Crippen LogP contribution in [0.3, 0.4) is 0 Å². The van der Waals surface area contributed by atoms with Gasteiger partial charge in [0.15, 0.2) is 0 Å². The number of rotatable bonds is 3. The number of pyridine rings is 1. The van der Waals surface area contributed by atoms with E-state index in [1.54, 1.807) is 23.9 Å². The summed E-state index contributed by atoms with van der Waals surface area (Å²) in [5.41, 5.74) is 4.44. The first-order valence-electron chi connectivity index (χ1n) is 9.47. The highest BCUT2D eigenvalue weighted by Crippen LogP contribution is 2.33. The summed E-state index contributed by atoms with van der Waals surface area (Å²) < 4.78 is 1.97. The van der Waals surface area contributed by atoms with Gasteiger partial charge in [-0.2, -0.15) is 0 Å². The molecule has 2 amide bonds. The van der Waals surface area contributed by atoms with E-state index in [9.17, 15) is 4.79 Å². The van der Waals surface area contributed by atoms with Crippen molar-refractivity contribution in [2.45, 2.75) is 39.3 Å². The lowest BCUT2D eigenvalue weighted by molar-refractivity contribution is 0.229. The van der Waals surface area contributed by atoms with E-state index in [2.05, 4.69) is 26.7 Å². The second-order valence-corrected chi connectivity index (χ2v) is 9.19. The van der Waals surface area contributed by atoms with Gasteiger partial charge >= 0.3 is 6.03 Å². The molecule has 0 saturated heterocycles. The number of benzene rings is 1. The minimum Gasteiger partial charge on any atom is -0.334 e. The van der Waals surface area contributed by atoms with Crippen molar-refractivity contribution in [1.82, 2.24) is 30.2 Å². The van der Waals surface area contributed by atoms with Gasteiger partial charge in [0, 0.05) is 18.2 Å². The smallest absolute Gasteiger partial charge is 0.315 e. The maximum atomic E-state index is 12.2. The Hall–Kier alpha value is -3.00. The highest BCUT2D eigenvalue weighted by Gasteiger charge is 2.17. The average molecular weight is 409 g/mol. The lowest BCUT2D eigenvalue weighted by Gasteiger charge is -2.23. The van der Waals surface area contributed by atoms with Gasteiger partial charge in [0.05, 0.1) is 24.1 Å². The lowest BCUT2D eigenvalue weighted by atomic mass is 10.1. The largest absolute Gasteiger partial charge is 0.334 e. The topological polar surface area (TPSA) is 84.7 Å². The Morgan fingerprint density at radius 1 is 1.24 bits per heavy atom. The van der Waals surface area contributed by atoms with Gasteiger partial charge in [-0.3, -0.25) is 0 Å². The summed E-state index contributed by atoms with van der Waals surface area (Å²) in [5.74, 6) is 0. The molecule has 0 bridgehead atoms. The van der Waals surface area contributed by atoms with Crippen LogP contribution in [0.1, 0.15) is 39.3 Å². The third-order valence-electron chi connectivity index (χ3n) is 4.57. The van der Waals surface area contributed by atoms with Crippen molar-refractivity contribution in [3.05, 3.63) is 42.4 Å². The normalized spacial score (nSPS) is 13.0. The van der Waals surface area contributed by atoms with Crippen molar-refractivity contribution >= 4 is 38.7 Å². The van der Waals surface area contributed by atoms with Gasteiger partial charge in [-0.15, -0.1) is 0 Å². The zero-order valence-electron chi connectivity index (χ0n) is 17.1. The molecule has 4 rings (SSSR count). The number of carbonyl (C=O) groups excluding carboxylic acids is 1. The molecule has 0 aliphatic rings. The van der Waals surface area contributed by atoms with Crippen LogP contribution in [0.15, 0.2) is 36.8 Å². The van der Waals surface area contributed by atoms with Crippen LogP contribution in [0.5, 0.6) is 0 Å². The van der Waals surface area contributed by atoms with E-state index in [-0.39, 0.29) is 17.6 Å². The number of nitrogens with zero attached hydrogens (tertiary/aromatic N) is 4. The van der Waals surface area contributed by atoms with Crippen LogP contribution in [0.2, 0.25) is 0 Å². The molecule has 8 heteroatoms. The second kappa shape index (κ2) is 7.11. The van der Waals surface area contributed by atoms with Gasteiger partial charge in [-0.25, -0.2) is 19.7 Å². The number of urea groups is 1. The summed E-state index contributed by atoms with van der Waals surface area (Å²) in [6.45, 7) is 7.84. The van der Waals surface area contributed by atoms with Crippen molar-refractivity contribution < 1.29 is 4.79 Å². The van der Waals surface area contributed by atoms with Crippen molar-refractivity contribution in [2.24, 2.45) is 7.05 Å². The van der Waals surface area contributed by atoms with Crippen molar-refractivity contribution in [1.29, 1.82) is 0 Å². The van der Waals surface area contributed by atoms with Crippen LogP contribution >= 0.6 is 11.3 Å². The zero-order chi connectivity index (χ0) is 20.8. The molecule has 0 aliphatic heterocycles. The highest BCUT2D eigenvalue weighted by molar-refractivity contribution is 7.21. The minimum absolute atomic E-state index is 0.131. The lowest BCUT2D eigenvalue weighted by Crippen LogP contribution is -2.47. The molecule has 0 saturated carbocycles. The monoisotopic (exact) mass is 408 g/mol. The molecule has 4 aromatic rings. The molecule has 7 nitrogen and oxygen atoms in total. The number of imidazole rings is 1. The molecule has 1 aromatic carbocycles. The van der Waals surface area contributed by atoms with Crippen LogP contribution in [0, 0.1) is 0 Å². The first kappa shape index (κ1) is 19.3. The molecular formula is C21H24N6OS. The fraction of sp³-hybridized carbons (Fsp3) is 0.333. The van der Waals surface area contributed by atoms with Crippen LogP contribution in [0.4, 0.5) is 4.79 Å². The Bertz CT molecular complexity index is 1200. The van der Waals surface area contributed by atoms with Crippen molar-refractivity contribution in [3.63, 3.8) is 0 Å². The molecule has 0 radical (unpaired) electrons. The van der Waals surface area contributed by atoms with E-state index in [0.29, 0.717) is 0 Å². The summed E-state index contributed by atoms with van der Waals surface area (Å²) in [6.07, 6.45) is 3.57. The number of hydrogen-bond donors (Lipinski definition) is 2. The van der Waals surface area contributed by atoms with Gasteiger partial charge in [0.25, 0.3) is 0 Å². The van der Waals surface area contributed by atoms with Gasteiger partial charge in [0.2, 0.25) is 0 Å². The van der Waals surface area contributed by atoms with Gasteiger partial charge < -0.3 is 15.2 Å². The average Bonchev–Trinajstić information content (AvgIpc) is 3.23. The first-order valence-corrected chi connectivity index (χ1v) is 10.3. The third kappa shape index (κ3) is 3.93. The van der Waals surface area contributed by atoms with E-state index < -0.39 is 0 Å². The molecule has 3 aromatic heterocycles. The Labute approximate surface area is 173 Å². The predicted molar refractivity (Wildman–Crippen MR) is 117 cm³/mol. The molecule has 29 heavy (non-hydrogen) atoms. The molecule has 1 atom stereocenters. The first-order chi connectivity index (χ1) is 13.7. The molecule has 0 fully saturated rings. The van der Waals surface area contributed by atoms with Crippen molar-refractivity contribution in [2.75, 3.05) is 0 Å². The van der Waals surface area contributed by atoms with E-state index in [1.165, 1.54) is 0 Å². The third-order valence-corrected chi connectivity index (χ3v) is 5.59. The summed E-state index contributed by atoms with van der Waals surface area (Å²) in [6, 6.07) is 7.79. The summed E-state index contributed by atoms with van der Waals surface area (Å²) >= 11 is 1.56. The Morgan fingerprint density at radius 2 is 2.03 bits per heavy atom. The zero-order valence-corrected chi connectivity index (χ0v) is 18.0. The quantitative estimate of drug-likeness (QED) is 0.526. The Kier molecular flexibility index (Phi) is 4.74. The molecule has 150 valence electrons. The van der Waals surface area contributed by atoms with Crippen molar-refractivity contribution in [3.8, 4) is 10.6 Å². The number of aryl methyl sites for hydroxylation is 1. The Balaban J connectivity index is 1.64. The minimum atomic E-state index is -0.281. The number of fused-ring (bicyclic) bond motifs is 3. The fourth-order valence-corrected chi connectivity index (χ4v) is 4.14. The van der Waals surface area contributed by atoms with Gasteiger partial charge in [-0.05, 0) is 39.3 Å². The molecule has 0 aliphatic carbocycles.